The fourth-order valence-corrected chi connectivity index (χ4v) is 2.88. The van der Waals surface area contributed by atoms with Gasteiger partial charge < -0.3 is 14.8 Å². The Kier molecular flexibility index (Phi) is 6.07. The lowest BCUT2D eigenvalue weighted by Crippen LogP contribution is -2.24. The predicted octanol–water partition coefficient (Wildman–Crippen LogP) is 2.88. The van der Waals surface area contributed by atoms with Gasteiger partial charge in [0.05, 0.1) is 12.1 Å². The summed E-state index contributed by atoms with van der Waals surface area (Å²) in [4.78, 5) is 29.7. The van der Waals surface area contributed by atoms with Crippen molar-refractivity contribution < 1.29 is 14.0 Å². The van der Waals surface area contributed by atoms with E-state index in [0.29, 0.717) is 22.6 Å². The number of hydrogen-bond acceptors (Lipinski definition) is 3. The predicted molar refractivity (Wildman–Crippen MR) is 108 cm³/mol. The first-order chi connectivity index (χ1) is 13.8. The Labute approximate surface area is 169 Å². The average molecular weight is 394 g/mol. The van der Waals surface area contributed by atoms with Crippen molar-refractivity contribution >= 4 is 11.8 Å². The highest BCUT2D eigenvalue weighted by molar-refractivity contribution is 5.94. The second-order valence-corrected chi connectivity index (χ2v) is 6.97. The number of aromatic nitrogens is 2. The van der Waals surface area contributed by atoms with E-state index in [1.54, 1.807) is 74.4 Å². The normalized spacial score (nSPS) is 10.6. The van der Waals surface area contributed by atoms with Crippen LogP contribution >= 0.6 is 0 Å². The van der Waals surface area contributed by atoms with Crippen LogP contribution in [0, 0.1) is 12.7 Å². The van der Waals surface area contributed by atoms with Crippen LogP contribution < -0.4 is 5.32 Å². The number of halogens is 1. The number of carbonyl (C=O) groups excluding carboxylic acids is 2. The van der Waals surface area contributed by atoms with Crippen LogP contribution in [-0.4, -0.2) is 40.4 Å². The maximum atomic E-state index is 14.5. The van der Waals surface area contributed by atoms with Crippen LogP contribution in [0.2, 0.25) is 0 Å². The molecular weight excluding hydrogens is 371 g/mol. The van der Waals surface area contributed by atoms with Gasteiger partial charge in [-0.1, -0.05) is 18.2 Å². The number of imidazole rings is 1. The van der Waals surface area contributed by atoms with Gasteiger partial charge in [0.1, 0.15) is 11.6 Å². The molecule has 3 aromatic rings. The maximum absolute atomic E-state index is 14.5. The van der Waals surface area contributed by atoms with E-state index in [9.17, 15) is 14.0 Å². The zero-order valence-electron chi connectivity index (χ0n) is 16.6. The molecule has 1 heterocycles. The quantitative estimate of drug-likeness (QED) is 0.699. The third-order valence-electron chi connectivity index (χ3n) is 4.62. The van der Waals surface area contributed by atoms with Gasteiger partial charge in [0.2, 0.25) is 5.91 Å². The van der Waals surface area contributed by atoms with Gasteiger partial charge in [-0.2, -0.15) is 0 Å². The van der Waals surface area contributed by atoms with Crippen LogP contribution in [0.4, 0.5) is 4.39 Å². The Morgan fingerprint density at radius 1 is 1.10 bits per heavy atom. The molecule has 0 aliphatic carbocycles. The molecule has 0 radical (unpaired) electrons. The van der Waals surface area contributed by atoms with Crippen molar-refractivity contribution in [2.75, 3.05) is 14.1 Å². The molecule has 3 rings (SSSR count). The molecular formula is C22H23FN4O2. The molecule has 1 N–H and O–H groups in total. The van der Waals surface area contributed by atoms with Crippen molar-refractivity contribution in [2.45, 2.75) is 19.9 Å². The summed E-state index contributed by atoms with van der Waals surface area (Å²) >= 11 is 0. The zero-order valence-corrected chi connectivity index (χ0v) is 16.6. The van der Waals surface area contributed by atoms with E-state index in [-0.39, 0.29) is 30.6 Å². The van der Waals surface area contributed by atoms with E-state index < -0.39 is 0 Å². The SMILES string of the molecule is Cc1nccn1-c1ccc(CNC(=O)c2ccc(CC(=O)N(C)C)cc2)cc1F. The molecule has 7 heteroatoms. The Bertz CT molecular complexity index is 1030. The summed E-state index contributed by atoms with van der Waals surface area (Å²) in [5.74, 6) is 0.0532. The second kappa shape index (κ2) is 8.68. The molecule has 0 atom stereocenters. The lowest BCUT2D eigenvalue weighted by molar-refractivity contribution is -0.127. The van der Waals surface area contributed by atoms with Gasteiger partial charge in [0.25, 0.3) is 5.91 Å². The van der Waals surface area contributed by atoms with Gasteiger partial charge in [-0.25, -0.2) is 9.37 Å². The Hall–Kier alpha value is -3.48. The zero-order chi connectivity index (χ0) is 21.0. The molecule has 150 valence electrons. The molecule has 0 spiro atoms. The van der Waals surface area contributed by atoms with Crippen molar-refractivity contribution in [1.82, 2.24) is 19.8 Å². The Morgan fingerprint density at radius 2 is 1.79 bits per heavy atom. The molecule has 6 nitrogen and oxygen atoms in total. The highest BCUT2D eigenvalue weighted by Gasteiger charge is 2.11. The average Bonchev–Trinajstić information content (AvgIpc) is 3.12. The molecule has 0 aliphatic heterocycles. The van der Waals surface area contributed by atoms with Crippen LogP contribution in [0.3, 0.4) is 0 Å². The first-order valence-corrected chi connectivity index (χ1v) is 9.21. The van der Waals surface area contributed by atoms with Crippen molar-refractivity contribution in [1.29, 1.82) is 0 Å². The van der Waals surface area contributed by atoms with Gasteiger partial charge in [-0.15, -0.1) is 0 Å². The summed E-state index contributed by atoms with van der Waals surface area (Å²) in [7, 11) is 3.41. The maximum Gasteiger partial charge on any atom is 0.251 e. The van der Waals surface area contributed by atoms with Crippen molar-refractivity contribution in [3.8, 4) is 5.69 Å². The number of benzene rings is 2. The molecule has 29 heavy (non-hydrogen) atoms. The number of likely N-dealkylation sites (N-methyl/N-ethyl adjacent to an activating group) is 1. The number of carbonyl (C=O) groups is 2. The van der Waals surface area contributed by atoms with Gasteiger partial charge in [-0.3, -0.25) is 9.59 Å². The van der Waals surface area contributed by atoms with Gasteiger partial charge in [-0.05, 0) is 42.3 Å². The number of amides is 2. The van der Waals surface area contributed by atoms with Crippen molar-refractivity contribution in [2.24, 2.45) is 0 Å². The smallest absolute Gasteiger partial charge is 0.251 e. The number of rotatable bonds is 6. The van der Waals surface area contributed by atoms with E-state index in [0.717, 1.165) is 5.56 Å². The fourth-order valence-electron chi connectivity index (χ4n) is 2.88. The molecule has 0 unspecified atom stereocenters. The lowest BCUT2D eigenvalue weighted by Gasteiger charge is -2.11. The summed E-state index contributed by atoms with van der Waals surface area (Å²) in [6.45, 7) is 2.01. The second-order valence-electron chi connectivity index (χ2n) is 6.97. The monoisotopic (exact) mass is 394 g/mol. The summed E-state index contributed by atoms with van der Waals surface area (Å²) in [6, 6.07) is 11.7. The number of aryl methyl sites for hydroxylation is 1. The standard InChI is InChI=1S/C22H23FN4O2/c1-15-24-10-11-27(15)20-9-6-17(12-19(20)23)14-25-22(29)18-7-4-16(5-8-18)13-21(28)26(2)3/h4-12H,13-14H2,1-3H3,(H,25,29). The summed E-state index contributed by atoms with van der Waals surface area (Å²) < 4.78 is 16.1. The first kappa shape index (κ1) is 20.3. The summed E-state index contributed by atoms with van der Waals surface area (Å²) in [6.07, 6.45) is 3.60. The Balaban J connectivity index is 1.61. The topological polar surface area (TPSA) is 67.2 Å². The van der Waals surface area contributed by atoms with E-state index >= 15 is 0 Å². The van der Waals surface area contributed by atoms with E-state index in [1.807, 2.05) is 0 Å². The molecule has 0 saturated heterocycles. The van der Waals surface area contributed by atoms with Crippen LogP contribution in [0.15, 0.2) is 54.9 Å². The molecule has 1 aromatic heterocycles. The third-order valence-corrected chi connectivity index (χ3v) is 4.62. The van der Waals surface area contributed by atoms with Gasteiger partial charge in [0, 0.05) is 38.6 Å². The van der Waals surface area contributed by atoms with Crippen molar-refractivity contribution in [3.63, 3.8) is 0 Å². The van der Waals surface area contributed by atoms with Crippen LogP contribution in [0.5, 0.6) is 0 Å². The van der Waals surface area contributed by atoms with Gasteiger partial charge in [0.15, 0.2) is 0 Å². The van der Waals surface area contributed by atoms with Crippen LogP contribution in [0.1, 0.15) is 27.3 Å². The Morgan fingerprint density at radius 3 is 2.38 bits per heavy atom. The van der Waals surface area contributed by atoms with Crippen molar-refractivity contribution in [3.05, 3.63) is 83.2 Å². The molecule has 2 aromatic carbocycles. The number of nitrogens with one attached hydrogen (secondary N) is 1. The van der Waals surface area contributed by atoms with Gasteiger partial charge >= 0.3 is 0 Å². The molecule has 0 saturated carbocycles. The van der Waals surface area contributed by atoms with Crippen LogP contribution in [-0.2, 0) is 17.8 Å². The minimum atomic E-state index is -0.382. The fraction of sp³-hybridized carbons (Fsp3) is 0.227. The highest BCUT2D eigenvalue weighted by atomic mass is 19.1. The van der Waals surface area contributed by atoms with E-state index in [1.165, 1.54) is 11.0 Å². The highest BCUT2D eigenvalue weighted by Crippen LogP contribution is 2.17. The lowest BCUT2D eigenvalue weighted by atomic mass is 10.1. The minimum absolute atomic E-state index is 0.00133. The van der Waals surface area contributed by atoms with E-state index in [4.69, 9.17) is 0 Å². The largest absolute Gasteiger partial charge is 0.349 e. The minimum Gasteiger partial charge on any atom is -0.349 e. The summed E-state index contributed by atoms with van der Waals surface area (Å²) in [5.41, 5.74) is 2.40. The molecule has 0 bridgehead atoms. The molecule has 0 aliphatic rings. The third kappa shape index (κ3) is 4.87. The number of nitrogens with zero attached hydrogens (tertiary/aromatic N) is 3. The molecule has 0 fully saturated rings. The van der Waals surface area contributed by atoms with E-state index in [2.05, 4.69) is 10.3 Å². The molecule has 2 amide bonds. The van der Waals surface area contributed by atoms with Crippen LogP contribution in [0.25, 0.3) is 5.69 Å². The first-order valence-electron chi connectivity index (χ1n) is 9.21. The summed E-state index contributed by atoms with van der Waals surface area (Å²) in [5, 5.41) is 2.79. The number of hydrogen-bond donors (Lipinski definition) is 1.